The van der Waals surface area contributed by atoms with Crippen molar-refractivity contribution in [3.05, 3.63) is 27.7 Å². The van der Waals surface area contributed by atoms with E-state index in [4.69, 9.17) is 0 Å². The number of hydrogen-bond donors (Lipinski definition) is 0. The first-order chi connectivity index (χ1) is 11.7. The van der Waals surface area contributed by atoms with Crippen molar-refractivity contribution >= 4 is 54.3 Å². The lowest BCUT2D eigenvalue weighted by Crippen LogP contribution is -2.38. The maximum atomic E-state index is 12.1. The minimum atomic E-state index is -3.05. The SMILES string of the molecule is CCCC(=O)N=C1S[C@H]2CS(=O)(=O)C[C@H]2N1c1c(C)cc(Br)cc1C. The number of benzene rings is 1. The van der Waals surface area contributed by atoms with Gasteiger partial charge in [-0.1, -0.05) is 34.6 Å². The number of aliphatic imine (C=N–C) groups is 1. The molecule has 3 rings (SSSR count). The molecule has 0 aliphatic carbocycles. The minimum absolute atomic E-state index is 0.0689. The van der Waals surface area contributed by atoms with Gasteiger partial charge in [0.2, 0.25) is 5.91 Å². The summed E-state index contributed by atoms with van der Waals surface area (Å²) in [6.45, 7) is 5.95. The Morgan fingerprint density at radius 1 is 1.32 bits per heavy atom. The van der Waals surface area contributed by atoms with Gasteiger partial charge in [0.05, 0.1) is 17.5 Å². The number of hydrogen-bond acceptors (Lipinski definition) is 4. The van der Waals surface area contributed by atoms with Crippen molar-refractivity contribution in [3.8, 4) is 0 Å². The summed E-state index contributed by atoms with van der Waals surface area (Å²) in [7, 11) is -3.05. The Kier molecular flexibility index (Phi) is 5.33. The molecule has 25 heavy (non-hydrogen) atoms. The number of fused-ring (bicyclic) bond motifs is 1. The molecule has 0 unspecified atom stereocenters. The highest BCUT2D eigenvalue weighted by Crippen LogP contribution is 2.43. The van der Waals surface area contributed by atoms with E-state index in [9.17, 15) is 13.2 Å². The fourth-order valence-electron chi connectivity index (χ4n) is 3.49. The first-order valence-corrected chi connectivity index (χ1v) is 11.8. The van der Waals surface area contributed by atoms with E-state index in [2.05, 4.69) is 20.9 Å². The lowest BCUT2D eigenvalue weighted by molar-refractivity contribution is -0.117. The van der Waals surface area contributed by atoms with Crippen LogP contribution in [0.25, 0.3) is 0 Å². The number of thioether (sulfide) groups is 1. The Morgan fingerprint density at radius 2 is 1.96 bits per heavy atom. The number of amidine groups is 1. The number of halogens is 1. The van der Waals surface area contributed by atoms with Crippen LogP contribution in [-0.2, 0) is 14.6 Å². The highest BCUT2D eigenvalue weighted by molar-refractivity contribution is 9.10. The predicted molar refractivity (Wildman–Crippen MR) is 107 cm³/mol. The average Bonchev–Trinajstić information content (AvgIpc) is 2.91. The topological polar surface area (TPSA) is 66.8 Å². The van der Waals surface area contributed by atoms with Crippen LogP contribution in [0.4, 0.5) is 5.69 Å². The largest absolute Gasteiger partial charge is 0.315 e. The number of anilines is 1. The average molecular weight is 445 g/mol. The fourth-order valence-corrected chi connectivity index (χ4v) is 8.09. The van der Waals surface area contributed by atoms with Gasteiger partial charge in [0.25, 0.3) is 0 Å². The van der Waals surface area contributed by atoms with Gasteiger partial charge in [0.1, 0.15) is 0 Å². The summed E-state index contributed by atoms with van der Waals surface area (Å²) in [5, 5.41) is 0.567. The number of carbonyl (C=O) groups excluding carboxylic acids is 1. The van der Waals surface area contributed by atoms with E-state index in [1.165, 1.54) is 11.8 Å². The van der Waals surface area contributed by atoms with Crippen LogP contribution in [0.2, 0.25) is 0 Å². The van der Waals surface area contributed by atoms with E-state index < -0.39 is 9.84 Å². The number of nitrogens with zero attached hydrogens (tertiary/aromatic N) is 2. The molecule has 2 aliphatic heterocycles. The highest BCUT2D eigenvalue weighted by atomic mass is 79.9. The van der Waals surface area contributed by atoms with E-state index in [0.717, 1.165) is 27.7 Å². The normalized spacial score (nSPS) is 26.2. The Bertz CT molecular complexity index is 828. The molecular formula is C17H21BrN2O3S2. The van der Waals surface area contributed by atoms with Gasteiger partial charge in [0, 0.05) is 21.8 Å². The van der Waals surface area contributed by atoms with Gasteiger partial charge < -0.3 is 4.90 Å². The summed E-state index contributed by atoms with van der Waals surface area (Å²) in [5.41, 5.74) is 3.03. The monoisotopic (exact) mass is 444 g/mol. The zero-order valence-electron chi connectivity index (χ0n) is 14.5. The van der Waals surface area contributed by atoms with E-state index in [1.54, 1.807) is 0 Å². The number of sulfone groups is 1. The zero-order chi connectivity index (χ0) is 18.4. The van der Waals surface area contributed by atoms with Crippen LogP contribution < -0.4 is 4.90 Å². The van der Waals surface area contributed by atoms with Crippen LogP contribution in [0.5, 0.6) is 0 Å². The fraction of sp³-hybridized carbons (Fsp3) is 0.529. The minimum Gasteiger partial charge on any atom is -0.315 e. The van der Waals surface area contributed by atoms with Gasteiger partial charge >= 0.3 is 0 Å². The molecule has 1 aromatic rings. The maximum Gasteiger partial charge on any atom is 0.248 e. The molecule has 5 nitrogen and oxygen atoms in total. The van der Waals surface area contributed by atoms with Crippen molar-refractivity contribution in [3.63, 3.8) is 0 Å². The van der Waals surface area contributed by atoms with E-state index in [1.807, 2.05) is 37.8 Å². The van der Waals surface area contributed by atoms with Crippen molar-refractivity contribution < 1.29 is 13.2 Å². The van der Waals surface area contributed by atoms with E-state index in [0.29, 0.717) is 11.6 Å². The third-order valence-corrected chi connectivity index (χ3v) is 8.12. The smallest absolute Gasteiger partial charge is 0.248 e. The predicted octanol–water partition coefficient (Wildman–Crippen LogP) is 3.47. The first-order valence-electron chi connectivity index (χ1n) is 8.26. The molecule has 136 valence electrons. The molecular weight excluding hydrogens is 424 g/mol. The summed E-state index contributed by atoms with van der Waals surface area (Å²) >= 11 is 4.93. The number of amides is 1. The second-order valence-corrected chi connectivity index (χ2v) is 10.9. The molecule has 2 heterocycles. The molecule has 0 saturated carbocycles. The second kappa shape index (κ2) is 7.04. The summed E-state index contributed by atoms with van der Waals surface area (Å²) in [6.07, 6.45) is 1.15. The molecule has 1 aromatic carbocycles. The Hall–Kier alpha value is -0.860. The van der Waals surface area contributed by atoms with Gasteiger partial charge in [-0.05, 0) is 43.5 Å². The van der Waals surface area contributed by atoms with Crippen molar-refractivity contribution in [2.75, 3.05) is 16.4 Å². The summed E-state index contributed by atoms with van der Waals surface area (Å²) in [6, 6.07) is 3.85. The molecule has 2 atom stereocenters. The van der Waals surface area contributed by atoms with Gasteiger partial charge in [-0.15, -0.1) is 0 Å². The Labute approximate surface area is 161 Å². The number of aryl methyl sites for hydroxylation is 2. The second-order valence-electron chi connectivity index (χ2n) is 6.60. The van der Waals surface area contributed by atoms with Gasteiger partial charge in [-0.3, -0.25) is 4.79 Å². The van der Waals surface area contributed by atoms with Crippen LogP contribution in [-0.4, -0.2) is 42.3 Å². The maximum absolute atomic E-state index is 12.1. The van der Waals surface area contributed by atoms with Gasteiger partial charge in [-0.25, -0.2) is 8.42 Å². The Balaban J connectivity index is 2.09. The molecule has 0 radical (unpaired) electrons. The molecule has 1 amide bonds. The zero-order valence-corrected chi connectivity index (χ0v) is 17.7. The summed E-state index contributed by atoms with van der Waals surface area (Å²) in [4.78, 5) is 18.4. The standard InChI is InChI=1S/C17H21BrN2O3S2/c1-4-5-15(21)19-17-20(13-8-25(22,23)9-14(13)24-17)16-10(2)6-12(18)7-11(16)3/h6-7,13-14H,4-5,8-9H2,1-3H3/t13-,14+/m1/s1. The third-order valence-electron chi connectivity index (χ3n) is 4.45. The van der Waals surface area contributed by atoms with E-state index >= 15 is 0 Å². The van der Waals surface area contributed by atoms with Crippen LogP contribution in [0.15, 0.2) is 21.6 Å². The summed E-state index contributed by atoms with van der Waals surface area (Å²) < 4.78 is 25.2. The lowest BCUT2D eigenvalue weighted by atomic mass is 10.1. The van der Waals surface area contributed by atoms with Crippen LogP contribution in [0.1, 0.15) is 30.9 Å². The first kappa shape index (κ1) is 18.9. The van der Waals surface area contributed by atoms with Crippen LogP contribution in [0, 0.1) is 13.8 Å². The number of rotatable bonds is 3. The van der Waals surface area contributed by atoms with Crippen LogP contribution in [0.3, 0.4) is 0 Å². The van der Waals surface area contributed by atoms with Crippen LogP contribution >= 0.6 is 27.7 Å². The lowest BCUT2D eigenvalue weighted by Gasteiger charge is -2.28. The van der Waals surface area contributed by atoms with Crippen molar-refractivity contribution in [1.29, 1.82) is 0 Å². The van der Waals surface area contributed by atoms with Crippen molar-refractivity contribution in [2.24, 2.45) is 4.99 Å². The molecule has 8 heteroatoms. The molecule has 0 spiro atoms. The van der Waals surface area contributed by atoms with E-state index in [-0.39, 0.29) is 28.7 Å². The quantitative estimate of drug-likeness (QED) is 0.713. The molecule has 2 aliphatic rings. The van der Waals surface area contributed by atoms with Crippen molar-refractivity contribution in [1.82, 2.24) is 0 Å². The molecule has 0 N–H and O–H groups in total. The summed E-state index contributed by atoms with van der Waals surface area (Å²) in [5.74, 6) is 0.111. The molecule has 2 saturated heterocycles. The molecule has 2 fully saturated rings. The third kappa shape index (κ3) is 3.80. The van der Waals surface area contributed by atoms with Gasteiger partial charge in [0.15, 0.2) is 15.0 Å². The highest BCUT2D eigenvalue weighted by Gasteiger charge is 2.49. The molecule has 0 bridgehead atoms. The van der Waals surface area contributed by atoms with Gasteiger partial charge in [-0.2, -0.15) is 4.99 Å². The molecule has 0 aromatic heterocycles. The number of carbonyl (C=O) groups is 1. The Morgan fingerprint density at radius 3 is 2.56 bits per heavy atom. The van der Waals surface area contributed by atoms with Crippen molar-refractivity contribution in [2.45, 2.75) is 44.9 Å².